The summed E-state index contributed by atoms with van der Waals surface area (Å²) >= 11 is 0. The smallest absolute Gasteiger partial charge is 0.311 e. The number of carbonyl (C=O) groups excluding carboxylic acids is 1. The van der Waals surface area contributed by atoms with Crippen molar-refractivity contribution in [3.8, 4) is 0 Å². The van der Waals surface area contributed by atoms with Gasteiger partial charge in [-0.05, 0) is 108 Å². The summed E-state index contributed by atoms with van der Waals surface area (Å²) < 4.78 is 56.2. The number of aliphatic hydroxyl groups is 4. The average molecular weight is 891 g/mol. The fraction of sp³-hybridized carbons (Fsp3) is 0.935. The van der Waals surface area contributed by atoms with E-state index >= 15 is 0 Å². The van der Waals surface area contributed by atoms with Gasteiger partial charge in [-0.1, -0.05) is 19.9 Å². The molecule has 0 saturated carbocycles. The molecule has 16 nitrogen and oxygen atoms in total. The van der Waals surface area contributed by atoms with Gasteiger partial charge in [0.1, 0.15) is 30.0 Å². The van der Waals surface area contributed by atoms with Crippen molar-refractivity contribution < 1.29 is 67.9 Å². The maximum absolute atomic E-state index is 14.3. The molecule has 0 amide bonds. The maximum Gasteiger partial charge on any atom is 0.311 e. The molecule has 0 aromatic carbocycles. The van der Waals surface area contributed by atoms with Gasteiger partial charge in [0.25, 0.3) is 0 Å². The summed E-state index contributed by atoms with van der Waals surface area (Å²) in [6, 6.07) is -0.820. The first kappa shape index (κ1) is 55.0. The van der Waals surface area contributed by atoms with Crippen LogP contribution in [-0.2, 0) is 47.4 Å². The van der Waals surface area contributed by atoms with E-state index < -0.39 is 96.0 Å². The molecule has 62 heavy (non-hydrogen) atoms. The van der Waals surface area contributed by atoms with Gasteiger partial charge >= 0.3 is 5.97 Å². The topological polar surface area (TPSA) is 188 Å². The number of esters is 1. The number of ether oxygens (including phenoxy) is 9. The molecular weight excluding hydrogens is 805 g/mol. The van der Waals surface area contributed by atoms with Gasteiger partial charge in [-0.15, -0.1) is 6.58 Å². The van der Waals surface area contributed by atoms with Crippen molar-refractivity contribution in [1.29, 1.82) is 0 Å². The number of likely N-dealkylation sites (N-methyl/N-ethyl adjacent to an activating group) is 2. The molecule has 0 aromatic rings. The molecule has 3 saturated heterocycles. The van der Waals surface area contributed by atoms with Crippen LogP contribution in [0.3, 0.4) is 0 Å². The van der Waals surface area contributed by atoms with Gasteiger partial charge in [-0.2, -0.15) is 0 Å². The van der Waals surface area contributed by atoms with Crippen LogP contribution in [0.15, 0.2) is 12.7 Å². The molecule has 3 rings (SSSR count). The SMILES string of the molecule is C=CCOCCCOCCCO[C@H]1[C@H](C)OC(O[C@H]2[C@H](C)[C@@H](O[C@@H]3O[C@H](C)C[C@H](N(C)C)[C@H]3O)[C@](C)(O)C[C@@H](C)CN(C)[C@H](C)[C@@H](O)[C@](C)(O)[C@@H](C)OC(=O)[C@@H]2C)C[C@@]1(C)OC. The summed E-state index contributed by atoms with van der Waals surface area (Å²) in [5, 5.41) is 47.5. The van der Waals surface area contributed by atoms with E-state index in [0.717, 1.165) is 6.42 Å². The normalized spacial score (nSPS) is 43.5. The van der Waals surface area contributed by atoms with Crippen LogP contribution in [0.2, 0.25) is 0 Å². The fourth-order valence-electron chi connectivity index (χ4n) is 9.53. The van der Waals surface area contributed by atoms with Gasteiger partial charge in [-0.25, -0.2) is 0 Å². The molecule has 4 N–H and O–H groups in total. The quantitative estimate of drug-likeness (QED) is 0.0943. The standard InChI is InChI=1S/C46H86N2O14/c1-16-19-55-20-17-21-56-22-18-23-57-41-33(7)59-36(26-45(41,10)54-15)61-38-30(4)40(62-43-37(49)35(47(12)13)24-29(3)58-43)44(9,52)25-28(2)27-48(14)32(6)39(50)46(11,53)34(8)60-42(51)31(38)5/h16,28-41,43,49-50,52-53H,1,17-27H2,2-15H3/t28-,29-,30+,31-,32-,33+,34-,35+,36?,37-,38+,39-,40-,41+,43+,44-,45-,46-/m1/s1. The molecule has 0 bridgehead atoms. The van der Waals surface area contributed by atoms with Crippen molar-refractivity contribution in [2.24, 2.45) is 17.8 Å². The molecule has 3 fully saturated rings. The van der Waals surface area contributed by atoms with Crippen LogP contribution >= 0.6 is 0 Å². The van der Waals surface area contributed by atoms with Gasteiger partial charge < -0.3 is 72.9 Å². The molecule has 364 valence electrons. The Morgan fingerprint density at radius 2 is 1.53 bits per heavy atom. The Kier molecular flexibility index (Phi) is 21.7. The van der Waals surface area contributed by atoms with Gasteiger partial charge in [0.2, 0.25) is 0 Å². The van der Waals surface area contributed by atoms with Crippen molar-refractivity contribution in [2.45, 2.75) is 192 Å². The number of carbonyl (C=O) groups is 1. The lowest BCUT2D eigenvalue weighted by atomic mass is 9.77. The van der Waals surface area contributed by atoms with Crippen molar-refractivity contribution >= 4 is 5.97 Å². The van der Waals surface area contributed by atoms with Crippen molar-refractivity contribution in [2.75, 3.05) is 67.8 Å². The number of cyclic esters (lactones) is 1. The summed E-state index contributed by atoms with van der Waals surface area (Å²) in [6.07, 6.45) is -4.53. The van der Waals surface area contributed by atoms with Gasteiger partial charge in [0, 0.05) is 64.5 Å². The minimum Gasteiger partial charge on any atom is -0.459 e. The van der Waals surface area contributed by atoms with E-state index in [9.17, 15) is 25.2 Å². The molecule has 18 atom stereocenters. The first-order chi connectivity index (χ1) is 28.9. The van der Waals surface area contributed by atoms with Crippen LogP contribution in [0.1, 0.15) is 101 Å². The third-order valence-corrected chi connectivity index (χ3v) is 13.5. The molecular formula is C46H86N2O14. The summed E-state index contributed by atoms with van der Waals surface area (Å²) in [5.74, 6) is -2.59. The van der Waals surface area contributed by atoms with Crippen LogP contribution in [0, 0.1) is 17.8 Å². The number of hydrogen-bond donors (Lipinski definition) is 4. The Morgan fingerprint density at radius 1 is 0.903 bits per heavy atom. The Labute approximate surface area is 372 Å². The van der Waals surface area contributed by atoms with E-state index in [2.05, 4.69) is 6.58 Å². The molecule has 0 radical (unpaired) electrons. The van der Waals surface area contributed by atoms with Crippen LogP contribution < -0.4 is 0 Å². The largest absolute Gasteiger partial charge is 0.459 e. The average Bonchev–Trinajstić information content (AvgIpc) is 3.19. The van der Waals surface area contributed by atoms with Crippen LogP contribution in [0.5, 0.6) is 0 Å². The molecule has 0 aromatic heterocycles. The van der Waals surface area contributed by atoms with E-state index in [4.69, 9.17) is 42.6 Å². The molecule has 1 unspecified atom stereocenters. The first-order valence-electron chi connectivity index (χ1n) is 22.8. The third-order valence-electron chi connectivity index (χ3n) is 13.5. The van der Waals surface area contributed by atoms with E-state index in [1.807, 2.05) is 65.6 Å². The summed E-state index contributed by atoms with van der Waals surface area (Å²) in [7, 11) is 7.25. The molecule has 3 aliphatic heterocycles. The number of methoxy groups -OCH3 is 1. The zero-order valence-corrected chi connectivity index (χ0v) is 40.5. The second-order valence-electron chi connectivity index (χ2n) is 19.4. The van der Waals surface area contributed by atoms with Gasteiger partial charge in [0.15, 0.2) is 12.6 Å². The second kappa shape index (κ2) is 24.4. The lowest BCUT2D eigenvalue weighted by Crippen LogP contribution is -2.61. The molecule has 3 heterocycles. The molecule has 0 aliphatic carbocycles. The highest BCUT2D eigenvalue weighted by Gasteiger charge is 2.53. The van der Waals surface area contributed by atoms with E-state index in [0.29, 0.717) is 52.4 Å². The molecule has 16 heteroatoms. The van der Waals surface area contributed by atoms with E-state index in [-0.39, 0.29) is 30.9 Å². The summed E-state index contributed by atoms with van der Waals surface area (Å²) in [6.45, 7) is 24.6. The number of nitrogens with zero attached hydrogens (tertiary/aromatic N) is 2. The van der Waals surface area contributed by atoms with E-state index in [1.54, 1.807) is 40.9 Å². The zero-order chi connectivity index (χ0) is 46.7. The zero-order valence-electron chi connectivity index (χ0n) is 40.5. The van der Waals surface area contributed by atoms with Crippen LogP contribution in [-0.4, -0.2) is 194 Å². The highest BCUT2D eigenvalue weighted by atomic mass is 16.7. The lowest BCUT2D eigenvalue weighted by molar-refractivity contribution is -0.320. The highest BCUT2D eigenvalue weighted by molar-refractivity contribution is 5.73. The third kappa shape index (κ3) is 14.6. The Balaban J connectivity index is 1.98. The summed E-state index contributed by atoms with van der Waals surface area (Å²) in [4.78, 5) is 18.2. The number of rotatable bonds is 17. The predicted molar refractivity (Wildman–Crippen MR) is 234 cm³/mol. The first-order valence-corrected chi connectivity index (χ1v) is 22.8. The lowest BCUT2D eigenvalue weighted by Gasteiger charge is -2.49. The number of aliphatic hydroxyl groups excluding tert-OH is 2. The highest BCUT2D eigenvalue weighted by Crippen LogP contribution is 2.40. The maximum atomic E-state index is 14.3. The van der Waals surface area contributed by atoms with Crippen molar-refractivity contribution in [3.05, 3.63) is 12.7 Å². The second-order valence-corrected chi connectivity index (χ2v) is 19.4. The molecule has 0 spiro atoms. The van der Waals surface area contributed by atoms with Gasteiger partial charge in [-0.3, -0.25) is 4.79 Å². The molecule has 3 aliphatic rings. The fourth-order valence-corrected chi connectivity index (χ4v) is 9.53. The number of hydrogen-bond acceptors (Lipinski definition) is 16. The Bertz CT molecular complexity index is 1340. The predicted octanol–water partition coefficient (Wildman–Crippen LogP) is 3.53. The Morgan fingerprint density at radius 3 is 2.15 bits per heavy atom. The van der Waals surface area contributed by atoms with Crippen LogP contribution in [0.25, 0.3) is 0 Å². The Hall–Kier alpha value is -1.35. The monoisotopic (exact) mass is 891 g/mol. The van der Waals surface area contributed by atoms with Crippen molar-refractivity contribution in [3.63, 3.8) is 0 Å². The minimum atomic E-state index is -1.82. The summed E-state index contributed by atoms with van der Waals surface area (Å²) in [5.41, 5.74) is -4.24. The van der Waals surface area contributed by atoms with Gasteiger partial charge in [0.05, 0.1) is 48.1 Å². The van der Waals surface area contributed by atoms with Crippen molar-refractivity contribution in [1.82, 2.24) is 9.80 Å². The minimum absolute atomic E-state index is 0.147. The van der Waals surface area contributed by atoms with E-state index in [1.165, 1.54) is 6.92 Å². The van der Waals surface area contributed by atoms with Crippen LogP contribution in [0.4, 0.5) is 0 Å².